The van der Waals surface area contributed by atoms with Crippen LogP contribution < -0.4 is 5.32 Å². The lowest BCUT2D eigenvalue weighted by molar-refractivity contribution is -0.100. The number of thiophene rings is 1. The third-order valence-electron chi connectivity index (χ3n) is 6.84. The van der Waals surface area contributed by atoms with Gasteiger partial charge in [0.05, 0.1) is 17.8 Å². The highest BCUT2D eigenvalue weighted by Crippen LogP contribution is 2.43. The van der Waals surface area contributed by atoms with Crippen LogP contribution in [-0.2, 0) is 11.2 Å². The van der Waals surface area contributed by atoms with Crippen LogP contribution in [0, 0.1) is 12.8 Å². The molecule has 1 saturated heterocycles. The maximum absolute atomic E-state index is 12.2. The zero-order valence-corrected chi connectivity index (χ0v) is 18.0. The number of fused-ring (bicyclic) bond motifs is 1. The van der Waals surface area contributed by atoms with Crippen LogP contribution in [0.5, 0.6) is 0 Å². The minimum atomic E-state index is 0.142. The van der Waals surface area contributed by atoms with Crippen molar-refractivity contribution in [2.45, 2.75) is 84.0 Å². The second-order valence-corrected chi connectivity index (χ2v) is 10.2. The monoisotopic (exact) mass is 390 g/mol. The number of nitrogens with zero attached hydrogens (tertiary/aromatic N) is 1. The van der Waals surface area contributed by atoms with Crippen LogP contribution >= 0.6 is 11.3 Å². The van der Waals surface area contributed by atoms with Crippen LogP contribution in [-0.4, -0.2) is 48.7 Å². The van der Waals surface area contributed by atoms with Crippen molar-refractivity contribution in [3.8, 4) is 0 Å². The highest BCUT2D eigenvalue weighted by molar-refractivity contribution is 7.12. The fourth-order valence-corrected chi connectivity index (χ4v) is 6.75. The first-order chi connectivity index (χ1) is 12.9. The van der Waals surface area contributed by atoms with Crippen molar-refractivity contribution in [1.29, 1.82) is 0 Å². The summed E-state index contributed by atoms with van der Waals surface area (Å²) in [7, 11) is 0. The Bertz CT molecular complexity index is 685. The Morgan fingerprint density at radius 3 is 2.48 bits per heavy atom. The van der Waals surface area contributed by atoms with Gasteiger partial charge in [-0.3, -0.25) is 9.69 Å². The smallest absolute Gasteiger partial charge is 0.252 e. The van der Waals surface area contributed by atoms with E-state index in [2.05, 4.69) is 37.9 Å². The summed E-state index contributed by atoms with van der Waals surface area (Å²) in [4.78, 5) is 17.7. The minimum absolute atomic E-state index is 0.142. The quantitative estimate of drug-likeness (QED) is 0.822. The van der Waals surface area contributed by atoms with Crippen LogP contribution in [0.3, 0.4) is 0 Å². The van der Waals surface area contributed by atoms with Gasteiger partial charge in [-0.15, -0.1) is 11.3 Å². The van der Waals surface area contributed by atoms with Crippen LogP contribution in [0.15, 0.2) is 0 Å². The molecule has 0 radical (unpaired) electrons. The predicted octanol–water partition coefficient (Wildman–Crippen LogP) is 4.11. The summed E-state index contributed by atoms with van der Waals surface area (Å²) in [6.45, 7) is 11.8. The molecule has 2 fully saturated rings. The molecule has 0 spiro atoms. The van der Waals surface area contributed by atoms with E-state index in [1.807, 2.05) is 11.3 Å². The number of rotatable bonds is 5. The van der Waals surface area contributed by atoms with E-state index >= 15 is 0 Å². The number of carbonyl (C=O) groups is 1. The summed E-state index contributed by atoms with van der Waals surface area (Å²) in [5, 5.41) is 3.01. The Morgan fingerprint density at radius 1 is 1.15 bits per heavy atom. The van der Waals surface area contributed by atoms with Crippen LogP contribution in [0.4, 0.5) is 0 Å². The molecule has 1 aromatic heterocycles. The first kappa shape index (κ1) is 19.4. The first-order valence-electron chi connectivity index (χ1n) is 10.7. The van der Waals surface area contributed by atoms with Gasteiger partial charge in [-0.25, -0.2) is 0 Å². The van der Waals surface area contributed by atoms with E-state index in [9.17, 15) is 4.79 Å². The molecule has 2 aliphatic heterocycles. The number of hydrogen-bond acceptors (Lipinski definition) is 4. The van der Waals surface area contributed by atoms with Crippen molar-refractivity contribution in [2.75, 3.05) is 19.6 Å². The van der Waals surface area contributed by atoms with Crippen LogP contribution in [0.2, 0.25) is 0 Å². The molecule has 3 heterocycles. The van der Waals surface area contributed by atoms with Gasteiger partial charge in [0.15, 0.2) is 0 Å². The predicted molar refractivity (Wildman–Crippen MR) is 111 cm³/mol. The van der Waals surface area contributed by atoms with E-state index in [0.29, 0.717) is 18.1 Å². The lowest BCUT2D eigenvalue weighted by atomic mass is 9.76. The molecule has 1 N–H and O–H groups in total. The van der Waals surface area contributed by atoms with Crippen LogP contribution in [0.1, 0.15) is 78.0 Å². The van der Waals surface area contributed by atoms with Gasteiger partial charge in [0, 0.05) is 35.4 Å². The number of ether oxygens (including phenoxy) is 1. The van der Waals surface area contributed by atoms with Crippen molar-refractivity contribution in [1.82, 2.24) is 10.2 Å². The molecule has 1 atom stereocenters. The molecule has 4 rings (SSSR count). The van der Waals surface area contributed by atoms with Gasteiger partial charge in [-0.2, -0.15) is 0 Å². The average molecular weight is 391 g/mol. The minimum Gasteiger partial charge on any atom is -0.373 e. The lowest BCUT2D eigenvalue weighted by Crippen LogP contribution is -2.57. The van der Waals surface area contributed by atoms with Gasteiger partial charge in [-0.05, 0) is 70.3 Å². The molecule has 0 bridgehead atoms. The zero-order chi connectivity index (χ0) is 19.1. The average Bonchev–Trinajstić information content (AvgIpc) is 2.95. The maximum Gasteiger partial charge on any atom is 0.252 e. The number of amides is 1. The molecule has 1 amide bonds. The molecule has 150 valence electrons. The highest BCUT2D eigenvalue weighted by Gasteiger charge is 2.37. The SMILES string of the molecule is Cc1c([C@H](C)C2CCC(N3CC(OC(C)C)C3)CC2)sc2c1C(=O)NCC2. The molecule has 0 aromatic carbocycles. The van der Waals surface area contributed by atoms with Crippen molar-refractivity contribution < 1.29 is 9.53 Å². The van der Waals surface area contributed by atoms with E-state index < -0.39 is 0 Å². The summed E-state index contributed by atoms with van der Waals surface area (Å²) in [5.74, 6) is 1.47. The van der Waals surface area contributed by atoms with Gasteiger partial charge >= 0.3 is 0 Å². The highest BCUT2D eigenvalue weighted by atomic mass is 32.1. The third kappa shape index (κ3) is 3.83. The molecular formula is C22H34N2O2S. The molecule has 3 aliphatic rings. The second kappa shape index (κ2) is 7.84. The van der Waals surface area contributed by atoms with Gasteiger partial charge < -0.3 is 10.1 Å². The Hall–Kier alpha value is -0.910. The molecule has 1 saturated carbocycles. The topological polar surface area (TPSA) is 41.6 Å². The van der Waals surface area contributed by atoms with E-state index in [-0.39, 0.29) is 5.91 Å². The van der Waals surface area contributed by atoms with Crippen molar-refractivity contribution in [2.24, 2.45) is 5.92 Å². The van der Waals surface area contributed by atoms with E-state index in [1.165, 1.54) is 41.0 Å². The summed E-state index contributed by atoms with van der Waals surface area (Å²) < 4.78 is 5.91. The van der Waals surface area contributed by atoms with Gasteiger partial charge in [0.1, 0.15) is 0 Å². The number of nitrogens with one attached hydrogen (secondary N) is 1. The summed E-state index contributed by atoms with van der Waals surface area (Å²) >= 11 is 1.91. The molecular weight excluding hydrogens is 356 g/mol. The third-order valence-corrected chi connectivity index (χ3v) is 8.39. The Morgan fingerprint density at radius 2 is 1.85 bits per heavy atom. The summed E-state index contributed by atoms with van der Waals surface area (Å²) in [6, 6.07) is 0.754. The van der Waals surface area contributed by atoms with E-state index in [4.69, 9.17) is 4.74 Å². The fourth-order valence-electron chi connectivity index (χ4n) is 5.30. The Kier molecular flexibility index (Phi) is 5.64. The second-order valence-electron chi connectivity index (χ2n) is 9.01. The molecule has 1 aromatic rings. The first-order valence-corrected chi connectivity index (χ1v) is 11.6. The van der Waals surface area contributed by atoms with Crippen molar-refractivity contribution >= 4 is 17.2 Å². The van der Waals surface area contributed by atoms with E-state index in [1.54, 1.807) is 0 Å². The van der Waals surface area contributed by atoms with Crippen LogP contribution in [0.25, 0.3) is 0 Å². The Balaban J connectivity index is 1.33. The standard InChI is InChI=1S/C22H34N2O2S/c1-13(2)26-18-11-24(12-18)17-7-5-16(6-8-17)14(3)21-15(4)20-19(27-21)9-10-23-22(20)25/h13-14,16-18H,5-12H2,1-4H3,(H,23,25)/t14-,16?,17?/m1/s1. The van der Waals surface area contributed by atoms with Crippen molar-refractivity contribution in [3.05, 3.63) is 20.9 Å². The van der Waals surface area contributed by atoms with Gasteiger partial charge in [0.2, 0.25) is 0 Å². The normalized spacial score (nSPS) is 28.0. The molecule has 4 nitrogen and oxygen atoms in total. The molecule has 1 aliphatic carbocycles. The molecule has 5 heteroatoms. The number of likely N-dealkylation sites (tertiary alicyclic amines) is 1. The van der Waals surface area contributed by atoms with Crippen molar-refractivity contribution in [3.63, 3.8) is 0 Å². The van der Waals surface area contributed by atoms with E-state index in [0.717, 1.165) is 43.6 Å². The number of carbonyl (C=O) groups excluding carboxylic acids is 1. The lowest BCUT2D eigenvalue weighted by Gasteiger charge is -2.47. The molecule has 0 unspecified atom stereocenters. The molecule has 27 heavy (non-hydrogen) atoms. The maximum atomic E-state index is 12.2. The van der Waals surface area contributed by atoms with Gasteiger partial charge in [0.25, 0.3) is 5.91 Å². The summed E-state index contributed by atoms with van der Waals surface area (Å²) in [6.07, 6.45) is 7.05. The fraction of sp³-hybridized carbons (Fsp3) is 0.773. The zero-order valence-electron chi connectivity index (χ0n) is 17.2. The largest absolute Gasteiger partial charge is 0.373 e. The Labute approximate surface area is 167 Å². The summed E-state index contributed by atoms with van der Waals surface area (Å²) in [5.41, 5.74) is 2.23. The van der Waals surface area contributed by atoms with Gasteiger partial charge in [-0.1, -0.05) is 6.92 Å². The number of hydrogen-bond donors (Lipinski definition) is 1.